The molecule has 0 atom stereocenters. The van der Waals surface area contributed by atoms with E-state index in [9.17, 15) is 9.59 Å². The van der Waals surface area contributed by atoms with E-state index < -0.39 is 5.78 Å². The smallest absolute Gasteiger partial charge is 0.256 e. The van der Waals surface area contributed by atoms with E-state index in [4.69, 9.17) is 0 Å². The predicted octanol–water partition coefficient (Wildman–Crippen LogP) is 0.797. The number of allylic oxidation sites excluding steroid dienone is 1. The number of hydrogen-bond donors (Lipinski definition) is 0. The Hall–Kier alpha value is -0.960. The van der Waals surface area contributed by atoms with Crippen molar-refractivity contribution in [2.45, 2.75) is 13.8 Å². The molecule has 0 aliphatic rings. The fraction of sp³-hybridized carbons (Fsp3) is 0.600. The summed E-state index contributed by atoms with van der Waals surface area (Å²) in [6.07, 6.45) is 0. The molecule has 0 heterocycles. The van der Waals surface area contributed by atoms with E-state index in [1.54, 1.807) is 6.92 Å². The summed E-state index contributed by atoms with van der Waals surface area (Å²) in [5.74, 6) is -0.793. The largest absolute Gasteiger partial charge is 0.322 e. The first-order valence-corrected chi connectivity index (χ1v) is 4.35. The van der Waals surface area contributed by atoms with Gasteiger partial charge in [0.25, 0.3) is 5.78 Å². The lowest BCUT2D eigenvalue weighted by molar-refractivity contribution is -0.880. The van der Waals surface area contributed by atoms with Gasteiger partial charge in [-0.1, -0.05) is 6.58 Å². The third kappa shape index (κ3) is 3.99. The monoisotopic (exact) mass is 184 g/mol. The van der Waals surface area contributed by atoms with Crippen LogP contribution in [0.5, 0.6) is 0 Å². The number of hydrogen-bond acceptors (Lipinski definition) is 2. The van der Waals surface area contributed by atoms with E-state index >= 15 is 0 Å². The van der Waals surface area contributed by atoms with Gasteiger partial charge < -0.3 is 4.48 Å². The van der Waals surface area contributed by atoms with Crippen LogP contribution in [-0.2, 0) is 9.59 Å². The molecule has 0 saturated heterocycles. The summed E-state index contributed by atoms with van der Waals surface area (Å²) >= 11 is 0. The topological polar surface area (TPSA) is 34.1 Å². The van der Waals surface area contributed by atoms with Gasteiger partial charge in [0.2, 0.25) is 5.78 Å². The van der Waals surface area contributed by atoms with E-state index in [-0.39, 0.29) is 12.3 Å². The van der Waals surface area contributed by atoms with E-state index in [0.29, 0.717) is 10.1 Å². The van der Waals surface area contributed by atoms with Crippen molar-refractivity contribution in [2.24, 2.45) is 0 Å². The predicted molar refractivity (Wildman–Crippen MR) is 52.3 cm³/mol. The summed E-state index contributed by atoms with van der Waals surface area (Å²) in [4.78, 5) is 22.5. The molecule has 0 N–H and O–H groups in total. The third-order valence-electron chi connectivity index (χ3n) is 2.07. The van der Waals surface area contributed by atoms with E-state index in [0.717, 1.165) is 6.54 Å². The number of carbonyl (C=O) groups is 2. The van der Waals surface area contributed by atoms with Crippen LogP contribution < -0.4 is 0 Å². The van der Waals surface area contributed by atoms with Gasteiger partial charge in [0.05, 0.1) is 20.6 Å². The van der Waals surface area contributed by atoms with Gasteiger partial charge in [-0.2, -0.15) is 0 Å². The molecule has 74 valence electrons. The highest BCUT2D eigenvalue weighted by atomic mass is 16.2. The molecule has 0 aliphatic carbocycles. The molecule has 3 nitrogen and oxygen atoms in total. The fourth-order valence-corrected chi connectivity index (χ4v) is 0.810. The SMILES string of the molecule is C=C(C)C(=O)C(=O)C[N+](C)(C)CC. The number of likely N-dealkylation sites (N-methyl/N-ethyl adjacent to an activating group) is 1. The Morgan fingerprint density at radius 2 is 1.77 bits per heavy atom. The summed E-state index contributed by atoms with van der Waals surface area (Å²) in [7, 11) is 3.84. The van der Waals surface area contributed by atoms with Crippen LogP contribution in [0.1, 0.15) is 13.8 Å². The van der Waals surface area contributed by atoms with Crippen LogP contribution >= 0.6 is 0 Å². The number of carbonyl (C=O) groups excluding carboxylic acids is 2. The molecule has 0 aliphatic heterocycles. The molecule has 13 heavy (non-hydrogen) atoms. The van der Waals surface area contributed by atoms with Gasteiger partial charge in [0.15, 0.2) is 0 Å². The molecule has 0 saturated carbocycles. The Labute approximate surface area is 79.6 Å². The summed E-state index contributed by atoms with van der Waals surface area (Å²) < 4.78 is 0.540. The molecule has 0 bridgehead atoms. The maximum atomic E-state index is 11.3. The second-order valence-corrected chi connectivity index (χ2v) is 3.94. The quantitative estimate of drug-likeness (QED) is 0.360. The number of nitrogens with zero attached hydrogens (tertiary/aromatic N) is 1. The highest BCUT2D eigenvalue weighted by Gasteiger charge is 2.23. The second kappa shape index (κ2) is 4.33. The standard InChI is InChI=1S/C10H18NO2/c1-6-11(4,5)7-9(12)10(13)8(2)3/h2,6-7H2,1,3-5H3/q+1. The van der Waals surface area contributed by atoms with Crippen LogP contribution in [0.2, 0.25) is 0 Å². The average molecular weight is 184 g/mol. The molecule has 0 spiro atoms. The lowest BCUT2D eigenvalue weighted by atomic mass is 10.1. The molecule has 0 aromatic carbocycles. The van der Waals surface area contributed by atoms with Crippen molar-refractivity contribution >= 4 is 11.6 Å². The molecule has 0 aromatic heterocycles. The van der Waals surface area contributed by atoms with Crippen LogP contribution in [0.3, 0.4) is 0 Å². The minimum absolute atomic E-state index is 0.252. The number of ketones is 2. The zero-order chi connectivity index (χ0) is 10.6. The van der Waals surface area contributed by atoms with Gasteiger partial charge in [-0.05, 0) is 19.4 Å². The first-order chi connectivity index (χ1) is 5.80. The number of quaternary nitrogens is 1. The maximum absolute atomic E-state index is 11.3. The normalized spacial score (nSPS) is 11.1. The van der Waals surface area contributed by atoms with Crippen LogP contribution in [0, 0.1) is 0 Å². The molecule has 3 heteroatoms. The van der Waals surface area contributed by atoms with Crippen molar-refractivity contribution in [3.63, 3.8) is 0 Å². The summed E-state index contributed by atoms with van der Waals surface area (Å²) in [5.41, 5.74) is 0.320. The first kappa shape index (κ1) is 12.0. The first-order valence-electron chi connectivity index (χ1n) is 4.35. The molecule has 0 aromatic rings. The molecule has 0 rings (SSSR count). The van der Waals surface area contributed by atoms with Crippen molar-refractivity contribution in [3.8, 4) is 0 Å². The van der Waals surface area contributed by atoms with Gasteiger partial charge >= 0.3 is 0 Å². The fourth-order valence-electron chi connectivity index (χ4n) is 0.810. The minimum atomic E-state index is -0.445. The van der Waals surface area contributed by atoms with Gasteiger partial charge in [-0.25, -0.2) is 0 Å². The van der Waals surface area contributed by atoms with E-state index in [1.165, 1.54) is 0 Å². The summed E-state index contributed by atoms with van der Waals surface area (Å²) in [6.45, 7) is 8.08. The zero-order valence-corrected chi connectivity index (χ0v) is 8.89. The zero-order valence-electron chi connectivity index (χ0n) is 8.89. The minimum Gasteiger partial charge on any atom is -0.322 e. The molecule has 0 unspecified atom stereocenters. The number of Topliss-reactive ketones (excluding diaryl/α,β-unsaturated/α-hetero) is 2. The van der Waals surface area contributed by atoms with E-state index in [1.807, 2.05) is 21.0 Å². The summed E-state index contributed by atoms with van der Waals surface area (Å²) in [5, 5.41) is 0. The van der Waals surface area contributed by atoms with Gasteiger partial charge in [-0.15, -0.1) is 0 Å². The Balaban J connectivity index is 4.32. The lowest BCUT2D eigenvalue weighted by Gasteiger charge is -2.26. The molecule has 0 fully saturated rings. The van der Waals surface area contributed by atoms with Crippen LogP contribution in [0.4, 0.5) is 0 Å². The van der Waals surface area contributed by atoms with Gasteiger partial charge in [0.1, 0.15) is 6.54 Å². The molecule has 0 amide bonds. The average Bonchev–Trinajstić information content (AvgIpc) is 2.02. The van der Waals surface area contributed by atoms with Crippen LogP contribution in [0.25, 0.3) is 0 Å². The maximum Gasteiger partial charge on any atom is 0.256 e. The van der Waals surface area contributed by atoms with Crippen molar-refractivity contribution < 1.29 is 14.1 Å². The molecule has 0 radical (unpaired) electrons. The van der Waals surface area contributed by atoms with Gasteiger partial charge in [0, 0.05) is 0 Å². The van der Waals surface area contributed by atoms with Crippen LogP contribution in [0.15, 0.2) is 12.2 Å². The third-order valence-corrected chi connectivity index (χ3v) is 2.07. The molecular formula is C10H18NO2+. The highest BCUT2D eigenvalue weighted by molar-refractivity contribution is 6.43. The van der Waals surface area contributed by atoms with Crippen LogP contribution in [-0.4, -0.2) is 43.2 Å². The molecular weight excluding hydrogens is 166 g/mol. The van der Waals surface area contributed by atoms with Crippen molar-refractivity contribution in [1.82, 2.24) is 0 Å². The summed E-state index contributed by atoms with van der Waals surface area (Å²) in [6, 6.07) is 0. The number of rotatable bonds is 5. The second-order valence-electron chi connectivity index (χ2n) is 3.94. The highest BCUT2D eigenvalue weighted by Crippen LogP contribution is 1.99. The van der Waals surface area contributed by atoms with Gasteiger partial charge in [-0.3, -0.25) is 9.59 Å². The lowest BCUT2D eigenvalue weighted by Crippen LogP contribution is -2.45. The van der Waals surface area contributed by atoms with Crippen molar-refractivity contribution in [1.29, 1.82) is 0 Å². The van der Waals surface area contributed by atoms with Crippen molar-refractivity contribution in [2.75, 3.05) is 27.2 Å². The Bertz CT molecular complexity index is 241. The Morgan fingerprint density at radius 3 is 2.08 bits per heavy atom. The van der Waals surface area contributed by atoms with Crippen molar-refractivity contribution in [3.05, 3.63) is 12.2 Å². The van der Waals surface area contributed by atoms with E-state index in [2.05, 4.69) is 6.58 Å². The Morgan fingerprint density at radius 1 is 1.31 bits per heavy atom. The Kier molecular flexibility index (Phi) is 4.01.